The summed E-state index contributed by atoms with van der Waals surface area (Å²) in [6.45, 7) is 0.819. The largest absolute Gasteiger partial charge is 0.497 e. The van der Waals surface area contributed by atoms with Crippen LogP contribution in [0.1, 0.15) is 21.5 Å². The molecular weight excluding hydrogens is 312 g/mol. The molecule has 0 unspecified atom stereocenters. The molecule has 0 saturated carbocycles. The fraction of sp³-hybridized carbons (Fsp3) is 0.235. The number of hydrogen-bond acceptors (Lipinski definition) is 5. The molecule has 5 heteroatoms. The molecule has 0 aliphatic heterocycles. The van der Waals surface area contributed by atoms with Gasteiger partial charge in [-0.3, -0.25) is 0 Å². The smallest absolute Gasteiger partial charge is 0.118 e. The van der Waals surface area contributed by atoms with Gasteiger partial charge in [0.05, 0.1) is 13.2 Å². The highest BCUT2D eigenvalue weighted by Gasteiger charge is 2.15. The number of methoxy groups -OCH3 is 1. The molecule has 0 aliphatic carbocycles. The zero-order chi connectivity index (χ0) is 15.2. The van der Waals surface area contributed by atoms with Crippen molar-refractivity contribution >= 4 is 22.7 Å². The molecule has 22 heavy (non-hydrogen) atoms. The van der Waals surface area contributed by atoms with Crippen molar-refractivity contribution in [1.82, 2.24) is 10.3 Å². The quantitative estimate of drug-likeness (QED) is 0.702. The second kappa shape index (κ2) is 7.54. The molecule has 2 heterocycles. The van der Waals surface area contributed by atoms with Crippen LogP contribution in [0.4, 0.5) is 0 Å². The van der Waals surface area contributed by atoms with E-state index in [4.69, 9.17) is 4.74 Å². The van der Waals surface area contributed by atoms with Crippen molar-refractivity contribution in [2.75, 3.05) is 7.11 Å². The highest BCUT2D eigenvalue weighted by molar-refractivity contribution is 7.10. The fourth-order valence-corrected chi connectivity index (χ4v) is 3.73. The molecule has 2 aromatic heterocycles. The first-order chi connectivity index (χ1) is 10.8. The standard InChI is InChI=1S/C17H18N2OS2/c1-20-14-6-4-13(5-7-14)12-19-16(17-18-8-10-22-17)11-15-3-2-9-21-15/h2-10,16,19H,11-12H2,1H3/t16-/m1/s1. The van der Waals surface area contributed by atoms with Crippen LogP contribution in [-0.4, -0.2) is 12.1 Å². The Kier molecular flexibility index (Phi) is 5.21. The Hall–Kier alpha value is -1.69. The Morgan fingerprint density at radius 1 is 1.14 bits per heavy atom. The van der Waals surface area contributed by atoms with Crippen molar-refractivity contribution in [2.24, 2.45) is 0 Å². The lowest BCUT2D eigenvalue weighted by Crippen LogP contribution is -2.22. The Morgan fingerprint density at radius 2 is 2.00 bits per heavy atom. The SMILES string of the molecule is COc1ccc(CN[C@H](Cc2cccs2)c2nccs2)cc1. The molecule has 0 saturated heterocycles. The third-order valence-corrected chi connectivity index (χ3v) is 5.23. The summed E-state index contributed by atoms with van der Waals surface area (Å²) in [6, 6.07) is 12.7. The number of thiophene rings is 1. The minimum atomic E-state index is 0.251. The van der Waals surface area contributed by atoms with Gasteiger partial charge in [0.25, 0.3) is 0 Å². The number of ether oxygens (including phenoxy) is 1. The summed E-state index contributed by atoms with van der Waals surface area (Å²) in [5, 5.41) is 8.92. The van der Waals surface area contributed by atoms with Crippen LogP contribution in [-0.2, 0) is 13.0 Å². The summed E-state index contributed by atoms with van der Waals surface area (Å²) >= 11 is 3.50. The average molecular weight is 330 g/mol. The molecule has 0 radical (unpaired) electrons. The van der Waals surface area contributed by atoms with Gasteiger partial charge in [-0.2, -0.15) is 0 Å². The predicted molar refractivity (Wildman–Crippen MR) is 92.7 cm³/mol. The first-order valence-corrected chi connectivity index (χ1v) is 8.89. The van der Waals surface area contributed by atoms with E-state index in [0.717, 1.165) is 23.7 Å². The predicted octanol–water partition coefficient (Wildman–Crippen LogP) is 4.29. The molecule has 1 N–H and O–H groups in total. The van der Waals surface area contributed by atoms with Crippen LogP contribution in [0.15, 0.2) is 53.4 Å². The van der Waals surface area contributed by atoms with E-state index in [-0.39, 0.29) is 6.04 Å². The van der Waals surface area contributed by atoms with Gasteiger partial charge < -0.3 is 10.1 Å². The van der Waals surface area contributed by atoms with E-state index >= 15 is 0 Å². The van der Waals surface area contributed by atoms with Gasteiger partial charge >= 0.3 is 0 Å². The number of nitrogens with one attached hydrogen (secondary N) is 1. The Bertz CT molecular complexity index is 663. The van der Waals surface area contributed by atoms with Crippen molar-refractivity contribution in [3.8, 4) is 5.75 Å². The van der Waals surface area contributed by atoms with Crippen LogP contribution in [0.25, 0.3) is 0 Å². The van der Waals surface area contributed by atoms with E-state index in [1.807, 2.05) is 23.7 Å². The van der Waals surface area contributed by atoms with Gasteiger partial charge in [0.2, 0.25) is 0 Å². The maximum absolute atomic E-state index is 5.20. The third-order valence-electron chi connectivity index (χ3n) is 3.45. The number of hydrogen-bond donors (Lipinski definition) is 1. The average Bonchev–Trinajstić information content (AvgIpc) is 3.25. The number of aromatic nitrogens is 1. The van der Waals surface area contributed by atoms with Crippen LogP contribution in [0.3, 0.4) is 0 Å². The molecule has 0 spiro atoms. The normalized spacial score (nSPS) is 12.2. The van der Waals surface area contributed by atoms with Crippen molar-refractivity contribution in [2.45, 2.75) is 19.0 Å². The van der Waals surface area contributed by atoms with E-state index in [0.29, 0.717) is 0 Å². The molecule has 0 fully saturated rings. The van der Waals surface area contributed by atoms with Gasteiger partial charge in [-0.05, 0) is 29.1 Å². The van der Waals surface area contributed by atoms with E-state index in [1.54, 1.807) is 29.8 Å². The molecule has 3 aromatic rings. The summed E-state index contributed by atoms with van der Waals surface area (Å²) in [5.41, 5.74) is 1.24. The second-order valence-corrected chi connectivity index (χ2v) is 6.89. The van der Waals surface area contributed by atoms with Gasteiger partial charge in [0.15, 0.2) is 0 Å². The summed E-state index contributed by atoms with van der Waals surface area (Å²) < 4.78 is 5.20. The van der Waals surface area contributed by atoms with E-state index in [1.165, 1.54) is 10.4 Å². The fourth-order valence-electron chi connectivity index (χ4n) is 2.27. The number of rotatable bonds is 7. The van der Waals surface area contributed by atoms with Crippen LogP contribution in [0, 0.1) is 0 Å². The topological polar surface area (TPSA) is 34.1 Å². The first-order valence-electron chi connectivity index (χ1n) is 7.13. The van der Waals surface area contributed by atoms with Gasteiger partial charge in [-0.25, -0.2) is 4.98 Å². The lowest BCUT2D eigenvalue weighted by Gasteiger charge is -2.16. The Balaban J connectivity index is 1.67. The lowest BCUT2D eigenvalue weighted by molar-refractivity contribution is 0.414. The van der Waals surface area contributed by atoms with Crippen LogP contribution >= 0.6 is 22.7 Å². The van der Waals surface area contributed by atoms with Crippen molar-refractivity contribution in [3.05, 3.63) is 68.8 Å². The monoisotopic (exact) mass is 330 g/mol. The molecule has 0 aliphatic rings. The molecule has 3 nitrogen and oxygen atoms in total. The summed E-state index contributed by atoms with van der Waals surface area (Å²) in [7, 11) is 1.69. The third kappa shape index (κ3) is 3.94. The molecule has 1 atom stereocenters. The maximum atomic E-state index is 5.20. The van der Waals surface area contributed by atoms with Gasteiger partial charge in [0, 0.05) is 29.4 Å². The molecule has 114 valence electrons. The van der Waals surface area contributed by atoms with Gasteiger partial charge in [0.1, 0.15) is 10.8 Å². The molecule has 0 amide bonds. The second-order valence-electron chi connectivity index (χ2n) is 4.94. The molecular formula is C17H18N2OS2. The molecule has 0 bridgehead atoms. The van der Waals surface area contributed by atoms with Crippen LogP contribution < -0.4 is 10.1 Å². The molecule has 3 rings (SSSR count). The summed E-state index contributed by atoms with van der Waals surface area (Å²) in [6.07, 6.45) is 2.85. The number of nitrogens with zero attached hydrogens (tertiary/aromatic N) is 1. The summed E-state index contributed by atoms with van der Waals surface area (Å²) in [5.74, 6) is 0.888. The number of thiazole rings is 1. The van der Waals surface area contributed by atoms with Gasteiger partial charge in [-0.15, -0.1) is 22.7 Å². The first kappa shape index (κ1) is 15.2. The maximum Gasteiger partial charge on any atom is 0.118 e. The highest BCUT2D eigenvalue weighted by Crippen LogP contribution is 2.23. The minimum absolute atomic E-state index is 0.251. The summed E-state index contributed by atoms with van der Waals surface area (Å²) in [4.78, 5) is 5.85. The Labute approximate surface area is 138 Å². The zero-order valence-electron chi connectivity index (χ0n) is 12.4. The van der Waals surface area contributed by atoms with E-state index in [2.05, 4.69) is 39.9 Å². The zero-order valence-corrected chi connectivity index (χ0v) is 14.0. The van der Waals surface area contributed by atoms with E-state index in [9.17, 15) is 0 Å². The number of benzene rings is 1. The Morgan fingerprint density at radius 3 is 2.64 bits per heavy atom. The van der Waals surface area contributed by atoms with Gasteiger partial charge in [-0.1, -0.05) is 18.2 Å². The molecule has 1 aromatic carbocycles. The van der Waals surface area contributed by atoms with Crippen molar-refractivity contribution in [1.29, 1.82) is 0 Å². The van der Waals surface area contributed by atoms with Crippen LogP contribution in [0.2, 0.25) is 0 Å². The highest BCUT2D eigenvalue weighted by atomic mass is 32.1. The minimum Gasteiger partial charge on any atom is -0.497 e. The van der Waals surface area contributed by atoms with E-state index < -0.39 is 0 Å². The van der Waals surface area contributed by atoms with Crippen molar-refractivity contribution < 1.29 is 4.74 Å². The lowest BCUT2D eigenvalue weighted by atomic mass is 10.1. The van der Waals surface area contributed by atoms with Crippen LogP contribution in [0.5, 0.6) is 5.75 Å². The van der Waals surface area contributed by atoms with Crippen molar-refractivity contribution in [3.63, 3.8) is 0 Å².